The fourth-order valence-electron chi connectivity index (χ4n) is 9.47. The largest absolute Gasteiger partial charge is 0.0707 e. The molecule has 0 aliphatic heterocycles. The molecule has 184 valence electrons. The van der Waals surface area contributed by atoms with Crippen LogP contribution in [-0.2, 0) is 0 Å². The van der Waals surface area contributed by atoms with E-state index in [9.17, 15) is 0 Å². The molecule has 0 radical (unpaired) electrons. The van der Waals surface area contributed by atoms with Gasteiger partial charge in [0.2, 0.25) is 0 Å². The highest BCUT2D eigenvalue weighted by Gasteiger charge is 2.46. The van der Waals surface area contributed by atoms with Crippen LogP contribution < -0.4 is 0 Å². The molecule has 4 rings (SSSR count). The summed E-state index contributed by atoms with van der Waals surface area (Å²) in [5.74, 6) is 7.67. The van der Waals surface area contributed by atoms with Crippen LogP contribution in [0, 0.1) is 52.8 Å². The lowest BCUT2D eigenvalue weighted by Gasteiger charge is -2.50. The predicted molar refractivity (Wildman–Crippen MR) is 141 cm³/mol. The maximum Gasteiger partial charge on any atom is -0.0281 e. The van der Waals surface area contributed by atoms with Crippen LogP contribution >= 0.6 is 0 Å². The second kappa shape index (κ2) is 10.6. The first kappa shape index (κ1) is 24.9. The van der Waals surface area contributed by atoms with Crippen molar-refractivity contribution < 1.29 is 0 Å². The monoisotopic (exact) mass is 440 g/mol. The lowest BCUT2D eigenvalue weighted by atomic mass is 9.55. The number of allylic oxidation sites excluding steroid dienone is 2. The highest BCUT2D eigenvalue weighted by atomic mass is 14.5. The van der Waals surface area contributed by atoms with E-state index in [-0.39, 0.29) is 0 Å². The Hall–Kier alpha value is -0.260. The molecule has 4 aliphatic carbocycles. The molecule has 0 heteroatoms. The zero-order chi connectivity index (χ0) is 22.9. The minimum Gasteiger partial charge on any atom is -0.0707 e. The summed E-state index contributed by atoms with van der Waals surface area (Å²) in [6.45, 7) is 15.6. The summed E-state index contributed by atoms with van der Waals surface area (Å²) in [5.41, 5.74) is 4.26. The molecule has 0 aromatic heterocycles. The summed E-state index contributed by atoms with van der Waals surface area (Å²) in [5, 5.41) is 0. The number of rotatable bonds is 6. The molecule has 0 aromatic rings. The van der Waals surface area contributed by atoms with Gasteiger partial charge in [-0.1, -0.05) is 104 Å². The highest BCUT2D eigenvalue weighted by molar-refractivity contribution is 5.25. The topological polar surface area (TPSA) is 0 Å². The van der Waals surface area contributed by atoms with E-state index in [0.29, 0.717) is 5.41 Å². The molecule has 0 amide bonds. The Labute approximate surface area is 201 Å². The highest BCUT2D eigenvalue weighted by Crippen LogP contribution is 2.55. The van der Waals surface area contributed by atoms with Gasteiger partial charge in [0.1, 0.15) is 0 Å². The van der Waals surface area contributed by atoms with Crippen LogP contribution in [0.15, 0.2) is 11.1 Å². The van der Waals surface area contributed by atoms with Crippen LogP contribution in [0.4, 0.5) is 0 Å². The molecule has 32 heavy (non-hydrogen) atoms. The van der Waals surface area contributed by atoms with Gasteiger partial charge < -0.3 is 0 Å². The van der Waals surface area contributed by atoms with Crippen molar-refractivity contribution in [1.29, 1.82) is 0 Å². The standard InChI is InChI=1S/C32H56/c1-7-27(22(2)24-14-9-8-10-15-24)29-19-12-11-18-28(29)23(3)30-20-25-16-13-17-26(25)21-31(30)32(4,5)6/h22-24,27-31H,7-21H2,1-6H3. The number of hydrogen-bond acceptors (Lipinski definition) is 0. The minimum absolute atomic E-state index is 0.448. The second-order valence-corrected chi connectivity index (χ2v) is 13.9. The molecule has 0 aromatic carbocycles. The van der Waals surface area contributed by atoms with Crippen LogP contribution in [0.2, 0.25) is 0 Å². The zero-order valence-electron chi connectivity index (χ0n) is 22.7. The number of hydrogen-bond donors (Lipinski definition) is 0. The van der Waals surface area contributed by atoms with Gasteiger partial charge in [0, 0.05) is 0 Å². The average molecular weight is 441 g/mol. The summed E-state index contributed by atoms with van der Waals surface area (Å²) < 4.78 is 0. The quantitative estimate of drug-likeness (QED) is 0.360. The first-order valence-corrected chi connectivity index (χ1v) is 15.0. The molecule has 0 heterocycles. The molecule has 0 saturated heterocycles. The molecular formula is C32H56. The first-order chi connectivity index (χ1) is 15.3. The molecule has 7 unspecified atom stereocenters. The Morgan fingerprint density at radius 3 is 1.94 bits per heavy atom. The molecule has 4 aliphatic rings. The van der Waals surface area contributed by atoms with Crippen LogP contribution in [0.1, 0.15) is 138 Å². The van der Waals surface area contributed by atoms with Crippen molar-refractivity contribution in [2.24, 2.45) is 52.8 Å². The lowest BCUT2D eigenvalue weighted by Crippen LogP contribution is -2.42. The van der Waals surface area contributed by atoms with E-state index >= 15 is 0 Å². The lowest BCUT2D eigenvalue weighted by molar-refractivity contribution is 0.00631. The summed E-state index contributed by atoms with van der Waals surface area (Å²) >= 11 is 0. The SMILES string of the molecule is CCC(C(C)C1CCCCC1)C1CCCCC1C(C)C1CC2=C(CCC2)CC1C(C)(C)C. The van der Waals surface area contributed by atoms with Gasteiger partial charge in [-0.15, -0.1) is 0 Å². The molecule has 0 bridgehead atoms. The van der Waals surface area contributed by atoms with Gasteiger partial charge in [0.25, 0.3) is 0 Å². The third-order valence-electron chi connectivity index (χ3n) is 11.4. The van der Waals surface area contributed by atoms with Crippen LogP contribution in [0.25, 0.3) is 0 Å². The van der Waals surface area contributed by atoms with Gasteiger partial charge in [0.05, 0.1) is 0 Å². The van der Waals surface area contributed by atoms with Crippen molar-refractivity contribution in [2.45, 2.75) is 138 Å². The summed E-state index contributed by atoms with van der Waals surface area (Å²) in [4.78, 5) is 0. The van der Waals surface area contributed by atoms with Gasteiger partial charge in [-0.25, -0.2) is 0 Å². The molecule has 0 N–H and O–H groups in total. The Balaban J connectivity index is 1.55. The molecular weight excluding hydrogens is 384 g/mol. The van der Waals surface area contributed by atoms with Gasteiger partial charge in [0.15, 0.2) is 0 Å². The summed E-state index contributed by atoms with van der Waals surface area (Å²) in [6.07, 6.45) is 22.2. The van der Waals surface area contributed by atoms with E-state index in [1.165, 1.54) is 96.3 Å². The van der Waals surface area contributed by atoms with E-state index < -0.39 is 0 Å². The molecule has 0 spiro atoms. The maximum atomic E-state index is 2.73. The molecule has 7 atom stereocenters. The molecule has 0 nitrogen and oxygen atoms in total. The summed E-state index contributed by atoms with van der Waals surface area (Å²) in [7, 11) is 0. The van der Waals surface area contributed by atoms with Crippen LogP contribution in [0.5, 0.6) is 0 Å². The Kier molecular flexibility index (Phi) is 8.20. The normalized spacial score (nSPS) is 35.4. The van der Waals surface area contributed by atoms with Crippen molar-refractivity contribution in [2.75, 3.05) is 0 Å². The van der Waals surface area contributed by atoms with Crippen LogP contribution in [-0.4, -0.2) is 0 Å². The fraction of sp³-hybridized carbons (Fsp3) is 0.938. The third kappa shape index (κ3) is 5.20. The Bertz CT molecular complexity index is 627. The van der Waals surface area contributed by atoms with Crippen molar-refractivity contribution in [3.8, 4) is 0 Å². The van der Waals surface area contributed by atoms with E-state index in [1.807, 2.05) is 11.1 Å². The van der Waals surface area contributed by atoms with Gasteiger partial charge in [-0.05, 0) is 97.7 Å². The second-order valence-electron chi connectivity index (χ2n) is 13.9. The fourth-order valence-corrected chi connectivity index (χ4v) is 9.47. The van der Waals surface area contributed by atoms with Crippen molar-refractivity contribution in [3.05, 3.63) is 11.1 Å². The maximum absolute atomic E-state index is 2.73. The van der Waals surface area contributed by atoms with Gasteiger partial charge in [-0.3, -0.25) is 0 Å². The Morgan fingerprint density at radius 2 is 1.31 bits per heavy atom. The van der Waals surface area contributed by atoms with E-state index in [0.717, 1.165) is 47.3 Å². The Morgan fingerprint density at radius 1 is 0.719 bits per heavy atom. The predicted octanol–water partition coefficient (Wildman–Crippen LogP) is 10.2. The van der Waals surface area contributed by atoms with Gasteiger partial charge in [-0.2, -0.15) is 0 Å². The molecule has 2 saturated carbocycles. The van der Waals surface area contributed by atoms with E-state index in [2.05, 4.69) is 41.5 Å². The van der Waals surface area contributed by atoms with E-state index in [4.69, 9.17) is 0 Å². The minimum atomic E-state index is 0.448. The van der Waals surface area contributed by atoms with Crippen LogP contribution in [0.3, 0.4) is 0 Å². The average Bonchev–Trinajstić information content (AvgIpc) is 3.26. The summed E-state index contributed by atoms with van der Waals surface area (Å²) in [6, 6.07) is 0. The van der Waals surface area contributed by atoms with Crippen molar-refractivity contribution in [3.63, 3.8) is 0 Å². The van der Waals surface area contributed by atoms with Crippen molar-refractivity contribution in [1.82, 2.24) is 0 Å². The van der Waals surface area contributed by atoms with Gasteiger partial charge >= 0.3 is 0 Å². The smallest absolute Gasteiger partial charge is 0.0281 e. The zero-order valence-corrected chi connectivity index (χ0v) is 22.7. The molecule has 2 fully saturated rings. The van der Waals surface area contributed by atoms with Crippen molar-refractivity contribution >= 4 is 0 Å². The first-order valence-electron chi connectivity index (χ1n) is 15.0. The van der Waals surface area contributed by atoms with E-state index in [1.54, 1.807) is 0 Å². The third-order valence-corrected chi connectivity index (χ3v) is 11.4.